The minimum absolute atomic E-state index is 0.281. The van der Waals surface area contributed by atoms with E-state index in [0.29, 0.717) is 5.56 Å². The van der Waals surface area contributed by atoms with Gasteiger partial charge in [0.2, 0.25) is 0 Å². The van der Waals surface area contributed by atoms with Crippen molar-refractivity contribution >= 4 is 5.69 Å². The first-order chi connectivity index (χ1) is 15.2. The minimum atomic E-state index is -0.281. The number of benzene rings is 3. The predicted molar refractivity (Wildman–Crippen MR) is 126 cm³/mol. The number of nitrogens with zero attached hydrogens (tertiary/aromatic N) is 1. The highest BCUT2D eigenvalue weighted by Gasteiger charge is 2.27. The molecule has 1 aliphatic carbocycles. The van der Waals surface area contributed by atoms with E-state index in [1.54, 1.807) is 0 Å². The van der Waals surface area contributed by atoms with Gasteiger partial charge in [0.15, 0.2) is 0 Å². The number of rotatable bonds is 4. The van der Waals surface area contributed by atoms with E-state index in [0.717, 1.165) is 53.9 Å². The molecule has 154 valence electrons. The van der Waals surface area contributed by atoms with Gasteiger partial charge in [-0.15, -0.1) is 0 Å². The Bertz CT molecular complexity index is 1260. The van der Waals surface area contributed by atoms with Crippen LogP contribution >= 0.6 is 0 Å². The quantitative estimate of drug-likeness (QED) is 0.410. The maximum Gasteiger partial charge on any atom is 0.346 e. The highest BCUT2D eigenvalue weighted by molar-refractivity contribution is 5.84. The van der Waals surface area contributed by atoms with Gasteiger partial charge < -0.3 is 9.32 Å². The first kappa shape index (κ1) is 19.4. The van der Waals surface area contributed by atoms with Crippen LogP contribution in [0.3, 0.4) is 0 Å². The van der Waals surface area contributed by atoms with Gasteiger partial charge in [0.1, 0.15) is 5.76 Å². The Morgan fingerprint density at radius 3 is 2.29 bits per heavy atom. The van der Waals surface area contributed by atoms with E-state index in [9.17, 15) is 4.79 Å². The third-order valence-corrected chi connectivity index (χ3v) is 6.04. The monoisotopic (exact) mass is 407 g/mol. The number of fused-ring (bicyclic) bond motifs is 3. The van der Waals surface area contributed by atoms with Crippen molar-refractivity contribution in [3.8, 4) is 22.5 Å². The zero-order valence-electron chi connectivity index (χ0n) is 17.7. The van der Waals surface area contributed by atoms with Crippen LogP contribution in [0, 0.1) is 0 Å². The Hall–Kier alpha value is -3.59. The molecular formula is C28H25NO2. The summed E-state index contributed by atoms with van der Waals surface area (Å²) in [7, 11) is 2.07. The van der Waals surface area contributed by atoms with Gasteiger partial charge in [-0.05, 0) is 36.0 Å². The molecule has 0 aliphatic heterocycles. The van der Waals surface area contributed by atoms with Gasteiger partial charge in [-0.3, -0.25) is 0 Å². The van der Waals surface area contributed by atoms with E-state index in [-0.39, 0.29) is 5.63 Å². The SMILES string of the molecule is CN(Cc1ccccc1)c1c2c(oc(=O)c1-c1ccccc1)-c1ccccc1CCC2. The van der Waals surface area contributed by atoms with Gasteiger partial charge in [0.25, 0.3) is 0 Å². The predicted octanol–water partition coefficient (Wildman–Crippen LogP) is 6.10. The summed E-state index contributed by atoms with van der Waals surface area (Å²) in [4.78, 5) is 15.6. The van der Waals surface area contributed by atoms with Crippen molar-refractivity contribution in [3.05, 3.63) is 112 Å². The normalized spacial score (nSPS) is 12.5. The minimum Gasteiger partial charge on any atom is -0.422 e. The second-order valence-corrected chi connectivity index (χ2v) is 8.14. The average Bonchev–Trinajstić information content (AvgIpc) is 2.99. The first-order valence-electron chi connectivity index (χ1n) is 10.8. The molecule has 1 heterocycles. The zero-order valence-corrected chi connectivity index (χ0v) is 17.7. The first-order valence-corrected chi connectivity index (χ1v) is 10.8. The van der Waals surface area contributed by atoms with Gasteiger partial charge >= 0.3 is 5.63 Å². The molecule has 0 saturated heterocycles. The lowest BCUT2D eigenvalue weighted by molar-refractivity contribution is 0.522. The lowest BCUT2D eigenvalue weighted by Crippen LogP contribution is -2.23. The summed E-state index contributed by atoms with van der Waals surface area (Å²) in [6.07, 6.45) is 2.89. The smallest absolute Gasteiger partial charge is 0.346 e. The third kappa shape index (κ3) is 3.68. The Kier molecular flexibility index (Phi) is 5.17. The lowest BCUT2D eigenvalue weighted by atomic mass is 9.96. The molecule has 0 bridgehead atoms. The Morgan fingerprint density at radius 1 is 0.839 bits per heavy atom. The van der Waals surface area contributed by atoms with Crippen LogP contribution in [0.4, 0.5) is 5.69 Å². The van der Waals surface area contributed by atoms with Crippen LogP contribution < -0.4 is 10.5 Å². The van der Waals surface area contributed by atoms with Gasteiger partial charge in [-0.25, -0.2) is 4.79 Å². The van der Waals surface area contributed by atoms with E-state index in [4.69, 9.17) is 4.42 Å². The molecule has 0 unspecified atom stereocenters. The summed E-state index contributed by atoms with van der Waals surface area (Å²) in [6.45, 7) is 0.720. The summed E-state index contributed by atoms with van der Waals surface area (Å²) < 4.78 is 6.05. The van der Waals surface area contributed by atoms with Gasteiger partial charge in [-0.2, -0.15) is 0 Å². The molecule has 0 radical (unpaired) electrons. The molecule has 3 aromatic carbocycles. The number of hydrogen-bond acceptors (Lipinski definition) is 3. The molecule has 5 rings (SSSR count). The Morgan fingerprint density at radius 2 is 1.52 bits per heavy atom. The van der Waals surface area contributed by atoms with Crippen molar-refractivity contribution in [2.45, 2.75) is 25.8 Å². The molecule has 0 atom stereocenters. The van der Waals surface area contributed by atoms with Crippen LogP contribution in [0.25, 0.3) is 22.5 Å². The van der Waals surface area contributed by atoms with Crippen molar-refractivity contribution in [2.75, 3.05) is 11.9 Å². The molecule has 3 heteroatoms. The molecule has 0 saturated carbocycles. The standard InChI is InChI=1S/C28H25NO2/c1-29(19-20-11-4-2-5-12-20)26-24-18-10-16-21-13-8-9-17-23(21)27(24)31-28(30)25(26)22-14-6-3-7-15-22/h2-9,11-15,17H,10,16,18-19H2,1H3. The topological polar surface area (TPSA) is 33.5 Å². The van der Waals surface area contributed by atoms with Crippen molar-refractivity contribution in [2.24, 2.45) is 0 Å². The van der Waals surface area contributed by atoms with Crippen molar-refractivity contribution in [1.82, 2.24) is 0 Å². The largest absolute Gasteiger partial charge is 0.422 e. The lowest BCUT2D eigenvalue weighted by Gasteiger charge is -2.26. The second kappa shape index (κ2) is 8.27. The fourth-order valence-electron chi connectivity index (χ4n) is 4.64. The summed E-state index contributed by atoms with van der Waals surface area (Å²) in [5, 5.41) is 0. The third-order valence-electron chi connectivity index (χ3n) is 6.04. The fraction of sp³-hybridized carbons (Fsp3) is 0.179. The summed E-state index contributed by atoms with van der Waals surface area (Å²) in [5.41, 5.74) is 6.87. The average molecular weight is 408 g/mol. The molecule has 0 fully saturated rings. The molecule has 0 N–H and O–H groups in total. The van der Waals surface area contributed by atoms with E-state index >= 15 is 0 Å². The maximum atomic E-state index is 13.4. The van der Waals surface area contributed by atoms with Crippen LogP contribution in [0.2, 0.25) is 0 Å². The van der Waals surface area contributed by atoms with E-state index < -0.39 is 0 Å². The van der Waals surface area contributed by atoms with Crippen molar-refractivity contribution < 1.29 is 4.42 Å². The van der Waals surface area contributed by atoms with Crippen LogP contribution in [0.15, 0.2) is 94.1 Å². The maximum absolute atomic E-state index is 13.4. The fourth-order valence-corrected chi connectivity index (χ4v) is 4.64. The molecule has 3 nitrogen and oxygen atoms in total. The molecule has 4 aromatic rings. The summed E-state index contributed by atoms with van der Waals surface area (Å²) in [6, 6.07) is 28.6. The second-order valence-electron chi connectivity index (χ2n) is 8.14. The van der Waals surface area contributed by atoms with E-state index in [1.165, 1.54) is 11.1 Å². The van der Waals surface area contributed by atoms with E-state index in [2.05, 4.69) is 54.4 Å². The van der Waals surface area contributed by atoms with Gasteiger partial charge in [0.05, 0.1) is 11.3 Å². The van der Waals surface area contributed by atoms with Gasteiger partial charge in [-0.1, -0.05) is 84.9 Å². The molecule has 0 spiro atoms. The zero-order chi connectivity index (χ0) is 21.2. The number of aryl methyl sites for hydroxylation is 1. The molecular weight excluding hydrogens is 382 g/mol. The molecule has 1 aromatic heterocycles. The van der Waals surface area contributed by atoms with Crippen LogP contribution in [0.1, 0.15) is 23.1 Å². The summed E-state index contributed by atoms with van der Waals surface area (Å²) >= 11 is 0. The molecule has 0 amide bonds. The number of anilines is 1. The Balaban J connectivity index is 1.76. The van der Waals surface area contributed by atoms with Gasteiger partial charge in [0, 0.05) is 24.7 Å². The molecule has 31 heavy (non-hydrogen) atoms. The van der Waals surface area contributed by atoms with Crippen LogP contribution in [0.5, 0.6) is 0 Å². The summed E-state index contributed by atoms with van der Waals surface area (Å²) in [5.74, 6) is 0.729. The highest BCUT2D eigenvalue weighted by Crippen LogP contribution is 2.41. The van der Waals surface area contributed by atoms with E-state index in [1.807, 2.05) is 42.5 Å². The van der Waals surface area contributed by atoms with Crippen molar-refractivity contribution in [1.29, 1.82) is 0 Å². The van der Waals surface area contributed by atoms with Crippen LogP contribution in [-0.2, 0) is 19.4 Å². The Labute approximate surface area is 182 Å². The highest BCUT2D eigenvalue weighted by atomic mass is 16.4. The number of hydrogen-bond donors (Lipinski definition) is 0. The molecule has 1 aliphatic rings. The van der Waals surface area contributed by atoms with Crippen molar-refractivity contribution in [3.63, 3.8) is 0 Å². The van der Waals surface area contributed by atoms with Crippen LogP contribution in [-0.4, -0.2) is 7.05 Å².